The van der Waals surface area contributed by atoms with Crippen LogP contribution in [-0.4, -0.2) is 39.9 Å². The zero-order valence-corrected chi connectivity index (χ0v) is 15.1. The molecule has 1 aliphatic heterocycles. The third-order valence-electron chi connectivity index (χ3n) is 4.28. The van der Waals surface area contributed by atoms with Crippen molar-refractivity contribution in [2.24, 2.45) is 0 Å². The Balaban J connectivity index is 1.55. The number of nitrogens with zero attached hydrogens (tertiary/aromatic N) is 3. The van der Waals surface area contributed by atoms with Crippen LogP contribution >= 0.6 is 11.3 Å². The Morgan fingerprint density at radius 3 is 3.08 bits per heavy atom. The second kappa shape index (κ2) is 7.85. The predicted octanol–water partition coefficient (Wildman–Crippen LogP) is 3.06. The minimum Gasteiger partial charge on any atom is -0.346 e. The Morgan fingerprint density at radius 2 is 2.38 bits per heavy atom. The van der Waals surface area contributed by atoms with Gasteiger partial charge in [-0.1, -0.05) is 19.9 Å². The largest absolute Gasteiger partial charge is 0.346 e. The molecule has 1 aliphatic rings. The van der Waals surface area contributed by atoms with Crippen molar-refractivity contribution in [3.8, 4) is 0 Å². The van der Waals surface area contributed by atoms with Crippen molar-refractivity contribution < 1.29 is 4.79 Å². The smallest absolute Gasteiger partial charge is 0.280 e. The molecule has 24 heavy (non-hydrogen) atoms. The fourth-order valence-corrected chi connectivity index (χ4v) is 3.85. The highest BCUT2D eigenvalue weighted by Gasteiger charge is 2.23. The van der Waals surface area contributed by atoms with Crippen LogP contribution in [0, 0.1) is 0 Å². The van der Waals surface area contributed by atoms with Crippen LogP contribution in [0.1, 0.15) is 53.7 Å². The average Bonchev–Trinajstić information content (AvgIpc) is 3.06. The van der Waals surface area contributed by atoms with Gasteiger partial charge in [0.25, 0.3) is 5.91 Å². The number of likely N-dealkylation sites (tertiary alicyclic amines) is 1. The van der Waals surface area contributed by atoms with E-state index in [0.717, 1.165) is 38.2 Å². The molecule has 128 valence electrons. The third kappa shape index (κ3) is 4.39. The van der Waals surface area contributed by atoms with Crippen molar-refractivity contribution in [1.29, 1.82) is 0 Å². The van der Waals surface area contributed by atoms with Gasteiger partial charge in [-0.05, 0) is 36.9 Å². The highest BCUT2D eigenvalue weighted by atomic mass is 32.1. The normalized spacial score (nSPS) is 18.7. The molecule has 0 bridgehead atoms. The minimum atomic E-state index is -0.0415. The Morgan fingerprint density at radius 1 is 1.50 bits per heavy atom. The summed E-state index contributed by atoms with van der Waals surface area (Å²) in [5.74, 6) is 0.313. The number of piperidine rings is 1. The fourth-order valence-electron chi connectivity index (χ4n) is 2.97. The maximum absolute atomic E-state index is 12.4. The van der Waals surface area contributed by atoms with Gasteiger partial charge in [0.2, 0.25) is 0 Å². The number of nitrogens with one attached hydrogen (secondary N) is 1. The van der Waals surface area contributed by atoms with Gasteiger partial charge >= 0.3 is 0 Å². The number of rotatable bonds is 5. The molecule has 2 aromatic rings. The molecule has 3 rings (SSSR count). The van der Waals surface area contributed by atoms with E-state index in [1.165, 1.54) is 16.9 Å². The molecule has 0 aliphatic carbocycles. The summed E-state index contributed by atoms with van der Waals surface area (Å²) >= 11 is 1.43. The van der Waals surface area contributed by atoms with E-state index in [2.05, 4.69) is 40.1 Å². The van der Waals surface area contributed by atoms with E-state index >= 15 is 0 Å². The fraction of sp³-hybridized carbons (Fsp3) is 0.500. The predicted molar refractivity (Wildman–Crippen MR) is 96.2 cm³/mol. The maximum Gasteiger partial charge on any atom is 0.280 e. The molecule has 1 N–H and O–H groups in total. The van der Waals surface area contributed by atoms with Crippen LogP contribution in [0.25, 0.3) is 0 Å². The monoisotopic (exact) mass is 344 g/mol. The van der Waals surface area contributed by atoms with E-state index < -0.39 is 0 Å². The molecule has 1 fully saturated rings. The summed E-state index contributed by atoms with van der Waals surface area (Å²) in [5, 5.41) is 5.71. The lowest BCUT2D eigenvalue weighted by atomic mass is 10.0. The van der Waals surface area contributed by atoms with Crippen molar-refractivity contribution in [1.82, 2.24) is 20.2 Å². The SMILES string of the molecule is CC(C)c1csc(C(=O)NC2CCCN(Cc3cccnc3)C2)n1. The summed E-state index contributed by atoms with van der Waals surface area (Å²) in [6, 6.07) is 4.25. The molecule has 3 heterocycles. The molecular weight excluding hydrogens is 320 g/mol. The first-order valence-corrected chi connectivity index (χ1v) is 9.37. The summed E-state index contributed by atoms with van der Waals surface area (Å²) in [6.45, 7) is 7.01. The van der Waals surface area contributed by atoms with Gasteiger partial charge in [-0.2, -0.15) is 0 Å². The number of carbonyl (C=O) groups is 1. The van der Waals surface area contributed by atoms with Crippen LogP contribution < -0.4 is 5.32 Å². The quantitative estimate of drug-likeness (QED) is 0.906. The Labute approximate surface area is 147 Å². The second-order valence-electron chi connectivity index (χ2n) is 6.64. The average molecular weight is 344 g/mol. The number of thiazole rings is 1. The lowest BCUT2D eigenvalue weighted by molar-refractivity contribution is 0.0900. The summed E-state index contributed by atoms with van der Waals surface area (Å²) in [4.78, 5) is 23.4. The first-order chi connectivity index (χ1) is 11.6. The Kier molecular flexibility index (Phi) is 5.58. The van der Waals surface area contributed by atoms with Crippen LogP contribution in [-0.2, 0) is 6.54 Å². The molecule has 1 saturated heterocycles. The van der Waals surface area contributed by atoms with E-state index in [4.69, 9.17) is 0 Å². The van der Waals surface area contributed by atoms with Crippen LogP contribution in [0.5, 0.6) is 0 Å². The van der Waals surface area contributed by atoms with Crippen molar-refractivity contribution in [3.63, 3.8) is 0 Å². The van der Waals surface area contributed by atoms with Crippen molar-refractivity contribution in [2.75, 3.05) is 13.1 Å². The number of hydrogen-bond acceptors (Lipinski definition) is 5. The van der Waals surface area contributed by atoms with Crippen molar-refractivity contribution in [3.05, 3.63) is 46.2 Å². The number of aromatic nitrogens is 2. The lowest BCUT2D eigenvalue weighted by Crippen LogP contribution is -2.47. The van der Waals surface area contributed by atoms with E-state index in [1.54, 1.807) is 6.20 Å². The zero-order valence-electron chi connectivity index (χ0n) is 14.2. The van der Waals surface area contributed by atoms with E-state index in [9.17, 15) is 4.79 Å². The van der Waals surface area contributed by atoms with Gasteiger partial charge in [0.15, 0.2) is 5.01 Å². The highest BCUT2D eigenvalue weighted by molar-refractivity contribution is 7.11. The van der Waals surface area contributed by atoms with E-state index in [-0.39, 0.29) is 11.9 Å². The van der Waals surface area contributed by atoms with Crippen molar-refractivity contribution in [2.45, 2.75) is 45.2 Å². The lowest BCUT2D eigenvalue weighted by Gasteiger charge is -2.32. The minimum absolute atomic E-state index is 0.0415. The third-order valence-corrected chi connectivity index (χ3v) is 5.14. The number of carbonyl (C=O) groups excluding carboxylic acids is 1. The summed E-state index contributed by atoms with van der Waals surface area (Å²) in [5.41, 5.74) is 2.21. The van der Waals surface area contributed by atoms with Crippen LogP contribution in [0.3, 0.4) is 0 Å². The highest BCUT2D eigenvalue weighted by Crippen LogP contribution is 2.19. The first-order valence-electron chi connectivity index (χ1n) is 8.49. The molecule has 2 aromatic heterocycles. The van der Waals surface area contributed by atoms with Gasteiger partial charge in [-0.3, -0.25) is 14.7 Å². The molecule has 0 radical (unpaired) electrons. The molecule has 0 spiro atoms. The summed E-state index contributed by atoms with van der Waals surface area (Å²) in [7, 11) is 0. The molecule has 1 amide bonds. The second-order valence-corrected chi connectivity index (χ2v) is 7.50. The van der Waals surface area contributed by atoms with Gasteiger partial charge < -0.3 is 5.32 Å². The van der Waals surface area contributed by atoms with E-state index in [1.807, 2.05) is 17.6 Å². The summed E-state index contributed by atoms with van der Waals surface area (Å²) < 4.78 is 0. The van der Waals surface area contributed by atoms with Crippen LogP contribution in [0.4, 0.5) is 0 Å². The Bertz CT molecular complexity index is 671. The molecular formula is C18H24N4OS. The van der Waals surface area contributed by atoms with Gasteiger partial charge in [0.1, 0.15) is 0 Å². The standard InChI is InChI=1S/C18H24N4OS/c1-13(2)16-12-24-18(21-16)17(23)20-15-6-4-8-22(11-15)10-14-5-3-7-19-9-14/h3,5,7,9,12-13,15H,4,6,8,10-11H2,1-2H3,(H,20,23). The van der Waals surface area contributed by atoms with Gasteiger partial charge in [0, 0.05) is 36.9 Å². The molecule has 6 heteroatoms. The van der Waals surface area contributed by atoms with Crippen molar-refractivity contribution >= 4 is 17.2 Å². The molecule has 0 aromatic carbocycles. The molecule has 0 saturated carbocycles. The Hall–Kier alpha value is -1.79. The van der Waals surface area contributed by atoms with Gasteiger partial charge in [0.05, 0.1) is 5.69 Å². The molecule has 1 atom stereocenters. The molecule has 5 nitrogen and oxygen atoms in total. The number of amides is 1. The van der Waals surface area contributed by atoms with Crippen LogP contribution in [0.15, 0.2) is 29.9 Å². The number of hydrogen-bond donors (Lipinski definition) is 1. The topological polar surface area (TPSA) is 58.1 Å². The van der Waals surface area contributed by atoms with Gasteiger partial charge in [-0.15, -0.1) is 11.3 Å². The molecule has 1 unspecified atom stereocenters. The van der Waals surface area contributed by atoms with Crippen LogP contribution in [0.2, 0.25) is 0 Å². The number of pyridine rings is 1. The van der Waals surface area contributed by atoms with E-state index in [0.29, 0.717) is 10.9 Å². The summed E-state index contributed by atoms with van der Waals surface area (Å²) in [6.07, 6.45) is 5.82. The first kappa shape index (κ1) is 17.0. The maximum atomic E-state index is 12.4. The zero-order chi connectivity index (χ0) is 16.9. The van der Waals surface area contributed by atoms with Gasteiger partial charge in [-0.25, -0.2) is 4.98 Å².